The molecule has 0 aliphatic heterocycles. The van der Waals surface area contributed by atoms with E-state index < -0.39 is 0 Å². The van der Waals surface area contributed by atoms with Crippen molar-refractivity contribution in [3.63, 3.8) is 0 Å². The van der Waals surface area contributed by atoms with E-state index in [1.165, 1.54) is 25.7 Å². The van der Waals surface area contributed by atoms with Crippen LogP contribution < -0.4 is 5.32 Å². The lowest BCUT2D eigenvalue weighted by Gasteiger charge is -2.21. The Morgan fingerprint density at radius 2 is 2.17 bits per heavy atom. The van der Waals surface area contributed by atoms with Crippen LogP contribution >= 0.6 is 0 Å². The quantitative estimate of drug-likeness (QED) is 0.943. The molecule has 0 spiro atoms. The number of para-hydroxylation sites is 1. The minimum absolute atomic E-state index is 0.122. The van der Waals surface area contributed by atoms with Gasteiger partial charge in [-0.1, -0.05) is 18.6 Å². The highest BCUT2D eigenvalue weighted by atomic mass is 16.1. The highest BCUT2D eigenvalue weighted by Gasteiger charge is 2.40. The summed E-state index contributed by atoms with van der Waals surface area (Å²) in [6, 6.07) is 7.79. The number of rotatable bonds is 4. The van der Waals surface area contributed by atoms with Crippen LogP contribution in [0.2, 0.25) is 0 Å². The highest BCUT2D eigenvalue weighted by molar-refractivity contribution is 5.94. The Labute approximate surface area is 136 Å². The number of carbonyl (C=O) groups excluding carboxylic acids is 1. The summed E-state index contributed by atoms with van der Waals surface area (Å²) in [5, 5.41) is 11.2. The number of hydrogen-bond acceptors (Lipinski definition) is 3. The van der Waals surface area contributed by atoms with Crippen LogP contribution in [0.3, 0.4) is 0 Å². The maximum Gasteiger partial charge on any atom is 0.224 e. The summed E-state index contributed by atoms with van der Waals surface area (Å²) in [5.41, 5.74) is 1.73. The molecule has 2 aliphatic carbocycles. The van der Waals surface area contributed by atoms with E-state index in [2.05, 4.69) is 15.5 Å². The standard InChI is InChI=1S/C18H22N4O/c1-22-11-19-21-18(22)15-4-2-3-5-16(15)20-17(23)10-14-9-12-6-7-13(14)8-12/h2-5,11-14H,6-10H2,1H3,(H,20,23). The Hall–Kier alpha value is -2.17. The SMILES string of the molecule is Cn1cnnc1-c1ccccc1NC(=O)CC1CC2CCC1C2. The smallest absolute Gasteiger partial charge is 0.224 e. The summed E-state index contributed by atoms with van der Waals surface area (Å²) in [7, 11) is 1.91. The molecule has 1 amide bonds. The number of amides is 1. The van der Waals surface area contributed by atoms with Crippen LogP contribution in [0.5, 0.6) is 0 Å². The van der Waals surface area contributed by atoms with E-state index in [0.717, 1.165) is 28.9 Å². The largest absolute Gasteiger partial charge is 0.325 e. The van der Waals surface area contributed by atoms with Crippen molar-refractivity contribution in [3.05, 3.63) is 30.6 Å². The summed E-state index contributed by atoms with van der Waals surface area (Å²) < 4.78 is 1.86. The number of fused-ring (bicyclic) bond motifs is 2. The Balaban J connectivity index is 1.49. The number of aryl methyl sites for hydroxylation is 1. The molecular formula is C18H22N4O. The molecule has 3 atom stereocenters. The first-order valence-electron chi connectivity index (χ1n) is 8.44. The molecule has 23 heavy (non-hydrogen) atoms. The molecule has 1 heterocycles. The van der Waals surface area contributed by atoms with Crippen molar-refractivity contribution in [1.29, 1.82) is 0 Å². The average Bonchev–Trinajstić information content (AvgIpc) is 3.24. The maximum atomic E-state index is 12.5. The van der Waals surface area contributed by atoms with Crippen molar-refractivity contribution in [2.24, 2.45) is 24.8 Å². The summed E-state index contributed by atoms with van der Waals surface area (Å²) in [6.07, 6.45) is 7.59. The van der Waals surface area contributed by atoms with Gasteiger partial charge in [0, 0.05) is 19.0 Å². The molecule has 5 nitrogen and oxygen atoms in total. The maximum absolute atomic E-state index is 12.5. The van der Waals surface area contributed by atoms with Gasteiger partial charge in [-0.25, -0.2) is 0 Å². The zero-order valence-corrected chi connectivity index (χ0v) is 13.4. The highest BCUT2D eigenvalue weighted by Crippen LogP contribution is 2.49. The third-order valence-electron chi connectivity index (χ3n) is 5.49. The molecule has 2 saturated carbocycles. The van der Waals surface area contributed by atoms with E-state index in [1.807, 2.05) is 35.9 Å². The number of anilines is 1. The molecule has 1 aromatic carbocycles. The van der Waals surface area contributed by atoms with Gasteiger partial charge in [-0.05, 0) is 49.1 Å². The topological polar surface area (TPSA) is 59.8 Å². The van der Waals surface area contributed by atoms with Gasteiger partial charge >= 0.3 is 0 Å². The van der Waals surface area contributed by atoms with Crippen molar-refractivity contribution in [3.8, 4) is 11.4 Å². The second kappa shape index (κ2) is 5.80. The lowest BCUT2D eigenvalue weighted by atomic mass is 9.86. The summed E-state index contributed by atoms with van der Waals surface area (Å²) in [4.78, 5) is 12.5. The van der Waals surface area contributed by atoms with Gasteiger partial charge in [-0.3, -0.25) is 4.79 Å². The fourth-order valence-corrected chi connectivity index (χ4v) is 4.38. The minimum atomic E-state index is 0.122. The Bertz CT molecular complexity index is 723. The van der Waals surface area contributed by atoms with Crippen molar-refractivity contribution in [2.45, 2.75) is 32.1 Å². The number of aromatic nitrogens is 3. The molecule has 2 aliphatic rings. The van der Waals surface area contributed by atoms with Gasteiger partial charge < -0.3 is 9.88 Å². The van der Waals surface area contributed by atoms with E-state index >= 15 is 0 Å². The number of carbonyl (C=O) groups is 1. The van der Waals surface area contributed by atoms with Crippen LogP contribution in [0.15, 0.2) is 30.6 Å². The average molecular weight is 310 g/mol. The Morgan fingerprint density at radius 1 is 1.30 bits per heavy atom. The van der Waals surface area contributed by atoms with Crippen molar-refractivity contribution in [2.75, 3.05) is 5.32 Å². The zero-order chi connectivity index (χ0) is 15.8. The molecule has 2 bridgehead atoms. The molecule has 0 saturated heterocycles. The lowest BCUT2D eigenvalue weighted by molar-refractivity contribution is -0.117. The molecule has 4 rings (SSSR count). The van der Waals surface area contributed by atoms with Crippen LogP contribution in [0.1, 0.15) is 32.1 Å². The van der Waals surface area contributed by atoms with E-state index in [1.54, 1.807) is 6.33 Å². The monoisotopic (exact) mass is 310 g/mol. The van der Waals surface area contributed by atoms with Crippen molar-refractivity contribution < 1.29 is 4.79 Å². The normalized spacial score (nSPS) is 25.7. The van der Waals surface area contributed by atoms with Gasteiger partial charge in [0.25, 0.3) is 0 Å². The van der Waals surface area contributed by atoms with Gasteiger partial charge in [0.1, 0.15) is 6.33 Å². The summed E-state index contributed by atoms with van der Waals surface area (Å²) >= 11 is 0. The van der Waals surface area contributed by atoms with E-state index in [9.17, 15) is 4.79 Å². The first-order chi connectivity index (χ1) is 11.2. The zero-order valence-electron chi connectivity index (χ0n) is 13.4. The van der Waals surface area contributed by atoms with Crippen LogP contribution in [-0.2, 0) is 11.8 Å². The molecule has 2 fully saturated rings. The predicted octanol–water partition coefficient (Wildman–Crippen LogP) is 3.25. The fourth-order valence-electron chi connectivity index (χ4n) is 4.38. The molecule has 120 valence electrons. The molecule has 0 radical (unpaired) electrons. The Morgan fingerprint density at radius 3 is 2.87 bits per heavy atom. The lowest BCUT2D eigenvalue weighted by Crippen LogP contribution is -2.20. The van der Waals surface area contributed by atoms with Gasteiger partial charge in [0.05, 0.1) is 5.69 Å². The van der Waals surface area contributed by atoms with Crippen LogP contribution in [0, 0.1) is 17.8 Å². The molecule has 3 unspecified atom stereocenters. The van der Waals surface area contributed by atoms with Gasteiger partial charge in [0.15, 0.2) is 5.82 Å². The van der Waals surface area contributed by atoms with E-state index in [-0.39, 0.29) is 5.91 Å². The molecule has 2 aromatic rings. The minimum Gasteiger partial charge on any atom is -0.325 e. The molecule has 1 N–H and O–H groups in total. The first kappa shape index (κ1) is 14.4. The van der Waals surface area contributed by atoms with E-state index in [0.29, 0.717) is 12.3 Å². The molecule has 5 heteroatoms. The van der Waals surface area contributed by atoms with Gasteiger partial charge in [-0.2, -0.15) is 0 Å². The molecule has 1 aromatic heterocycles. The van der Waals surface area contributed by atoms with Gasteiger partial charge in [0.2, 0.25) is 5.91 Å². The second-order valence-electron chi connectivity index (χ2n) is 7.00. The number of benzene rings is 1. The van der Waals surface area contributed by atoms with Crippen LogP contribution in [-0.4, -0.2) is 20.7 Å². The third-order valence-corrected chi connectivity index (χ3v) is 5.49. The number of nitrogens with one attached hydrogen (secondary N) is 1. The predicted molar refractivity (Wildman–Crippen MR) is 88.6 cm³/mol. The van der Waals surface area contributed by atoms with Crippen LogP contribution in [0.25, 0.3) is 11.4 Å². The second-order valence-corrected chi connectivity index (χ2v) is 7.00. The Kier molecular flexibility index (Phi) is 3.63. The third kappa shape index (κ3) is 2.76. The van der Waals surface area contributed by atoms with Crippen LogP contribution in [0.4, 0.5) is 5.69 Å². The van der Waals surface area contributed by atoms with Crippen molar-refractivity contribution in [1.82, 2.24) is 14.8 Å². The summed E-state index contributed by atoms with van der Waals surface area (Å²) in [6.45, 7) is 0. The fraction of sp³-hybridized carbons (Fsp3) is 0.500. The van der Waals surface area contributed by atoms with Gasteiger partial charge in [-0.15, -0.1) is 10.2 Å². The van der Waals surface area contributed by atoms with E-state index in [4.69, 9.17) is 0 Å². The van der Waals surface area contributed by atoms with Crippen molar-refractivity contribution >= 4 is 11.6 Å². The number of nitrogens with zero attached hydrogens (tertiary/aromatic N) is 3. The first-order valence-corrected chi connectivity index (χ1v) is 8.44. The summed E-state index contributed by atoms with van der Waals surface area (Å²) in [5.74, 6) is 3.12. The molecular weight excluding hydrogens is 288 g/mol. The number of hydrogen-bond donors (Lipinski definition) is 1.